The van der Waals surface area contributed by atoms with Gasteiger partial charge in [0.15, 0.2) is 0 Å². The second-order valence-electron chi connectivity index (χ2n) is 8.65. The maximum Gasteiger partial charge on any atom is 0.416 e. The zero-order chi connectivity index (χ0) is 28.2. The van der Waals surface area contributed by atoms with Crippen LogP contribution in [0.5, 0.6) is 0 Å². The van der Waals surface area contributed by atoms with E-state index in [0.29, 0.717) is 22.0 Å². The topological polar surface area (TPSA) is 94.0 Å². The van der Waals surface area contributed by atoms with E-state index < -0.39 is 23.6 Å². The first-order chi connectivity index (χ1) is 18.6. The molecule has 200 valence electrons. The number of carbonyl (C=O) groups is 2. The van der Waals surface area contributed by atoms with Crippen molar-refractivity contribution in [2.75, 3.05) is 16.4 Å². The number of thioether (sulfide) groups is 1. The Bertz CT molecular complexity index is 1510. The van der Waals surface area contributed by atoms with Gasteiger partial charge in [-0.2, -0.15) is 18.4 Å². The molecule has 2 aromatic carbocycles. The highest BCUT2D eigenvalue weighted by atomic mass is 32.2. The first-order valence-electron chi connectivity index (χ1n) is 11.7. The largest absolute Gasteiger partial charge is 0.416 e. The molecule has 1 atom stereocenters. The van der Waals surface area contributed by atoms with Crippen LogP contribution in [-0.2, 0) is 15.8 Å². The van der Waals surface area contributed by atoms with E-state index in [1.807, 2.05) is 42.6 Å². The van der Waals surface area contributed by atoms with Gasteiger partial charge in [0.05, 0.1) is 33.9 Å². The average molecular weight is 569 g/mol. The normalized spacial score (nSPS) is 15.4. The highest BCUT2D eigenvalue weighted by molar-refractivity contribution is 8.03. The molecule has 0 radical (unpaired) electrons. The van der Waals surface area contributed by atoms with Crippen molar-refractivity contribution in [2.45, 2.75) is 25.9 Å². The van der Waals surface area contributed by atoms with Gasteiger partial charge in [-0.05, 0) is 55.1 Å². The molecule has 0 aliphatic carbocycles. The summed E-state index contributed by atoms with van der Waals surface area (Å²) in [5.74, 6) is -1.72. The lowest BCUT2D eigenvalue weighted by molar-refractivity contribution is -0.137. The van der Waals surface area contributed by atoms with E-state index in [1.165, 1.54) is 23.5 Å². The molecule has 1 aromatic heterocycles. The molecule has 6 nitrogen and oxygen atoms in total. The quantitative estimate of drug-likeness (QED) is 0.292. The van der Waals surface area contributed by atoms with Gasteiger partial charge in [-0.1, -0.05) is 42.1 Å². The van der Waals surface area contributed by atoms with Crippen LogP contribution < -0.4 is 16.0 Å². The first-order valence-corrected chi connectivity index (χ1v) is 13.6. The Labute approximate surface area is 231 Å². The van der Waals surface area contributed by atoms with Crippen LogP contribution in [0.15, 0.2) is 87.9 Å². The second-order valence-corrected chi connectivity index (χ2v) is 10.6. The van der Waals surface area contributed by atoms with Gasteiger partial charge in [0.25, 0.3) is 5.91 Å². The molecule has 2 amide bonds. The fourth-order valence-corrected chi connectivity index (χ4v) is 5.81. The van der Waals surface area contributed by atoms with Crippen LogP contribution in [0, 0.1) is 18.3 Å². The minimum absolute atomic E-state index is 0.0178. The molecule has 1 aliphatic heterocycles. The molecule has 0 fully saturated rings. The summed E-state index contributed by atoms with van der Waals surface area (Å²) in [6, 6.07) is 17.6. The zero-order valence-corrected chi connectivity index (χ0v) is 22.5. The van der Waals surface area contributed by atoms with Gasteiger partial charge >= 0.3 is 6.18 Å². The van der Waals surface area contributed by atoms with Crippen LogP contribution in [-0.4, -0.2) is 17.6 Å². The van der Waals surface area contributed by atoms with Crippen molar-refractivity contribution in [1.29, 1.82) is 5.26 Å². The van der Waals surface area contributed by atoms with E-state index in [1.54, 1.807) is 13.0 Å². The van der Waals surface area contributed by atoms with Crippen molar-refractivity contribution < 1.29 is 22.8 Å². The summed E-state index contributed by atoms with van der Waals surface area (Å²) in [5.41, 5.74) is 1.88. The predicted molar refractivity (Wildman–Crippen MR) is 148 cm³/mol. The molecular formula is C28H23F3N4O2S2. The number of amides is 2. The number of alkyl halides is 3. The number of allylic oxidation sites excluding steroid dienone is 2. The number of nitrogens with zero attached hydrogens (tertiary/aromatic N) is 1. The summed E-state index contributed by atoms with van der Waals surface area (Å²) in [4.78, 5) is 26.9. The Morgan fingerprint density at radius 3 is 2.51 bits per heavy atom. The number of halogens is 3. The van der Waals surface area contributed by atoms with E-state index in [9.17, 15) is 28.0 Å². The number of hydrogen-bond donors (Lipinski definition) is 3. The molecule has 3 aromatic rings. The number of aryl methyl sites for hydroxylation is 1. The average Bonchev–Trinajstić information content (AvgIpc) is 3.42. The van der Waals surface area contributed by atoms with Crippen molar-refractivity contribution in [3.05, 3.63) is 104 Å². The van der Waals surface area contributed by atoms with E-state index >= 15 is 0 Å². The Hall–Kier alpha value is -4.01. The Balaban J connectivity index is 1.56. The SMILES string of the molecule is CC1=C(C(=O)Nc2ccccc2C)[C@H](c2cccs2)C(C#N)=C(SCC(=O)Nc2cccc(C(F)(F)F)c2)N1. The number of carbonyl (C=O) groups excluding carboxylic acids is 2. The Morgan fingerprint density at radius 2 is 1.85 bits per heavy atom. The Morgan fingerprint density at radius 1 is 1.08 bits per heavy atom. The van der Waals surface area contributed by atoms with Crippen molar-refractivity contribution in [3.63, 3.8) is 0 Å². The summed E-state index contributed by atoms with van der Waals surface area (Å²) in [5, 5.41) is 20.9. The third-order valence-electron chi connectivity index (χ3n) is 5.93. The third kappa shape index (κ3) is 6.53. The standard InChI is InChI=1S/C28H23F3N4O2S2/c1-16-7-3-4-10-21(16)35-26(37)24-17(2)33-27(20(14-32)25(24)22-11-6-12-38-22)39-15-23(36)34-19-9-5-8-18(13-19)28(29,30)31/h3-13,25,33H,15H2,1-2H3,(H,34,36)(H,35,37)/t25-/m0/s1. The van der Waals surface area contributed by atoms with Gasteiger partial charge in [-0.15, -0.1) is 11.3 Å². The van der Waals surface area contributed by atoms with Crippen LogP contribution in [0.3, 0.4) is 0 Å². The number of rotatable bonds is 7. The number of para-hydroxylation sites is 1. The van der Waals surface area contributed by atoms with Crippen LogP contribution in [0.4, 0.5) is 24.5 Å². The van der Waals surface area contributed by atoms with Crippen LogP contribution in [0.2, 0.25) is 0 Å². The molecule has 0 saturated heterocycles. The molecule has 4 rings (SSSR count). The summed E-state index contributed by atoms with van der Waals surface area (Å²) in [6.07, 6.45) is -4.53. The van der Waals surface area contributed by atoms with Crippen LogP contribution in [0.25, 0.3) is 0 Å². The maximum atomic E-state index is 13.5. The first kappa shape index (κ1) is 28.0. The van der Waals surface area contributed by atoms with Crippen molar-refractivity contribution in [1.82, 2.24) is 5.32 Å². The summed E-state index contributed by atoms with van der Waals surface area (Å²) in [7, 11) is 0. The lowest BCUT2D eigenvalue weighted by atomic mass is 9.86. The smallest absolute Gasteiger partial charge is 0.353 e. The minimum atomic E-state index is -4.53. The molecule has 1 aliphatic rings. The lowest BCUT2D eigenvalue weighted by Crippen LogP contribution is -2.31. The van der Waals surface area contributed by atoms with Crippen molar-refractivity contribution in [3.8, 4) is 6.07 Å². The zero-order valence-electron chi connectivity index (χ0n) is 20.8. The van der Waals surface area contributed by atoms with E-state index in [-0.39, 0.29) is 22.9 Å². The number of benzene rings is 2. The second kappa shape index (κ2) is 11.8. The lowest BCUT2D eigenvalue weighted by Gasteiger charge is -2.29. The predicted octanol–water partition coefficient (Wildman–Crippen LogP) is 6.78. The molecule has 11 heteroatoms. The number of dihydropyridines is 1. The highest BCUT2D eigenvalue weighted by Gasteiger charge is 2.35. The van der Waals surface area contributed by atoms with Gasteiger partial charge in [-0.25, -0.2) is 0 Å². The van der Waals surface area contributed by atoms with Gasteiger partial charge < -0.3 is 16.0 Å². The summed E-state index contributed by atoms with van der Waals surface area (Å²) < 4.78 is 39.0. The number of hydrogen-bond acceptors (Lipinski definition) is 6. The molecule has 3 N–H and O–H groups in total. The molecule has 0 saturated carbocycles. The fourth-order valence-electron chi connectivity index (χ4n) is 4.08. The van der Waals surface area contributed by atoms with E-state index in [2.05, 4.69) is 22.0 Å². The van der Waals surface area contributed by atoms with Gasteiger partial charge in [0, 0.05) is 27.5 Å². The third-order valence-corrected chi connectivity index (χ3v) is 7.89. The molecule has 0 bridgehead atoms. The number of anilines is 2. The Kier molecular flexibility index (Phi) is 8.47. The highest BCUT2D eigenvalue weighted by Crippen LogP contribution is 2.42. The molecule has 2 heterocycles. The molecule has 0 spiro atoms. The van der Waals surface area contributed by atoms with E-state index in [0.717, 1.165) is 34.3 Å². The number of nitriles is 1. The number of nitrogens with one attached hydrogen (secondary N) is 3. The number of thiophene rings is 1. The van der Waals surface area contributed by atoms with Gasteiger partial charge in [-0.3, -0.25) is 9.59 Å². The van der Waals surface area contributed by atoms with Gasteiger partial charge in [0.2, 0.25) is 5.91 Å². The molecule has 0 unspecified atom stereocenters. The van der Waals surface area contributed by atoms with Gasteiger partial charge in [0.1, 0.15) is 0 Å². The maximum absolute atomic E-state index is 13.5. The monoisotopic (exact) mass is 568 g/mol. The van der Waals surface area contributed by atoms with Crippen LogP contribution in [0.1, 0.15) is 28.8 Å². The van der Waals surface area contributed by atoms with Crippen molar-refractivity contribution in [2.24, 2.45) is 0 Å². The van der Waals surface area contributed by atoms with Crippen molar-refractivity contribution >= 4 is 46.3 Å². The van der Waals surface area contributed by atoms with Crippen LogP contribution >= 0.6 is 23.1 Å². The van der Waals surface area contributed by atoms with E-state index in [4.69, 9.17) is 0 Å². The molecular weight excluding hydrogens is 545 g/mol. The summed E-state index contributed by atoms with van der Waals surface area (Å²) >= 11 is 2.45. The minimum Gasteiger partial charge on any atom is -0.353 e. The fraction of sp³-hybridized carbons (Fsp3) is 0.179. The molecule has 39 heavy (non-hydrogen) atoms. The summed E-state index contributed by atoms with van der Waals surface area (Å²) in [6.45, 7) is 3.61.